The molecule has 2 heterocycles. The average molecular weight is 352 g/mol. The first-order valence-electron chi connectivity index (χ1n) is 6.90. The van der Waals surface area contributed by atoms with Crippen molar-refractivity contribution in [1.82, 2.24) is 19.6 Å². The summed E-state index contributed by atoms with van der Waals surface area (Å²) in [5, 5.41) is 10.2. The fraction of sp³-hybridized carbons (Fsp3) is 0.357. The maximum atomic E-state index is 13.0. The van der Waals surface area contributed by atoms with Crippen molar-refractivity contribution in [3.63, 3.8) is 0 Å². The maximum absolute atomic E-state index is 13.0. The molecule has 0 saturated heterocycles. The maximum Gasteiger partial charge on any atom is 0.245 e. The molecular weight excluding hydrogens is 336 g/mol. The molecule has 0 fully saturated rings. The Bertz CT molecular complexity index is 975. The van der Waals surface area contributed by atoms with Crippen molar-refractivity contribution in [2.24, 2.45) is 0 Å². The van der Waals surface area contributed by atoms with E-state index in [-0.39, 0.29) is 17.0 Å². The van der Waals surface area contributed by atoms with Gasteiger partial charge in [-0.15, -0.1) is 11.3 Å². The highest BCUT2D eigenvalue weighted by Crippen LogP contribution is 2.29. The molecule has 0 unspecified atom stereocenters. The molecule has 0 N–H and O–H groups in total. The zero-order valence-corrected chi connectivity index (χ0v) is 14.8. The zero-order chi connectivity index (χ0) is 16.8. The highest BCUT2D eigenvalue weighted by Gasteiger charge is 2.29. The molecular formula is C14H16N4O3S2. The van der Waals surface area contributed by atoms with Gasteiger partial charge in [0.2, 0.25) is 10.0 Å². The third-order valence-electron chi connectivity index (χ3n) is 3.56. The summed E-state index contributed by atoms with van der Waals surface area (Å²) in [6.45, 7) is 5.68. The predicted molar refractivity (Wildman–Crippen MR) is 86.8 cm³/mol. The van der Waals surface area contributed by atoms with Crippen molar-refractivity contribution >= 4 is 32.4 Å². The molecule has 7 nitrogen and oxygen atoms in total. The molecule has 23 heavy (non-hydrogen) atoms. The summed E-state index contributed by atoms with van der Waals surface area (Å²) in [6, 6.07) is 1.78. The molecule has 0 aliphatic heterocycles. The Kier molecular flexibility index (Phi) is 3.95. The van der Waals surface area contributed by atoms with Crippen LogP contribution in [0.5, 0.6) is 0 Å². The van der Waals surface area contributed by atoms with Crippen LogP contribution in [0, 0.1) is 20.8 Å². The van der Waals surface area contributed by atoms with E-state index in [0.717, 1.165) is 16.3 Å². The van der Waals surface area contributed by atoms with Crippen LogP contribution in [0.15, 0.2) is 21.0 Å². The number of thiazole rings is 1. The summed E-state index contributed by atoms with van der Waals surface area (Å²) in [5.74, 6) is 0. The molecule has 0 aliphatic carbocycles. The molecule has 9 heteroatoms. The van der Waals surface area contributed by atoms with Crippen molar-refractivity contribution in [2.75, 3.05) is 7.05 Å². The lowest BCUT2D eigenvalue weighted by atomic mass is 10.1. The van der Waals surface area contributed by atoms with E-state index in [9.17, 15) is 8.42 Å². The van der Waals surface area contributed by atoms with Crippen LogP contribution in [0.3, 0.4) is 0 Å². The van der Waals surface area contributed by atoms with Gasteiger partial charge in [-0.3, -0.25) is 0 Å². The Balaban J connectivity index is 2.07. The lowest BCUT2D eigenvalue weighted by Gasteiger charge is -2.17. The van der Waals surface area contributed by atoms with Gasteiger partial charge in [0.05, 0.1) is 6.54 Å². The number of fused-ring (bicyclic) bond motifs is 1. The van der Waals surface area contributed by atoms with E-state index >= 15 is 0 Å². The van der Waals surface area contributed by atoms with Crippen molar-refractivity contribution in [1.29, 1.82) is 0 Å². The second-order valence-corrected chi connectivity index (χ2v) is 8.37. The Morgan fingerprint density at radius 3 is 2.52 bits per heavy atom. The van der Waals surface area contributed by atoms with Gasteiger partial charge >= 0.3 is 0 Å². The summed E-state index contributed by atoms with van der Waals surface area (Å²) in [7, 11) is -2.20. The molecule has 2 aromatic heterocycles. The third-order valence-corrected chi connectivity index (χ3v) is 6.49. The highest BCUT2D eigenvalue weighted by atomic mass is 32.2. The smallest absolute Gasteiger partial charge is 0.245 e. The van der Waals surface area contributed by atoms with E-state index in [0.29, 0.717) is 11.1 Å². The molecule has 3 aromatic rings. The van der Waals surface area contributed by atoms with Crippen molar-refractivity contribution in [2.45, 2.75) is 32.2 Å². The molecule has 1 aromatic carbocycles. The topological polar surface area (TPSA) is 89.2 Å². The van der Waals surface area contributed by atoms with E-state index in [4.69, 9.17) is 4.63 Å². The SMILES string of the molecule is Cc1csc(CN(C)S(=O)(=O)c2c(C)cc(C)c3nonc23)n1. The van der Waals surface area contributed by atoms with Gasteiger partial charge in [0.25, 0.3) is 0 Å². The van der Waals surface area contributed by atoms with Crippen molar-refractivity contribution in [3.05, 3.63) is 33.3 Å². The number of hydrogen-bond donors (Lipinski definition) is 0. The van der Waals surface area contributed by atoms with E-state index in [1.807, 2.05) is 19.2 Å². The lowest BCUT2D eigenvalue weighted by molar-refractivity contribution is 0.315. The van der Waals surface area contributed by atoms with Gasteiger partial charge in [-0.2, -0.15) is 4.31 Å². The van der Waals surface area contributed by atoms with Gasteiger partial charge < -0.3 is 0 Å². The number of sulfonamides is 1. The molecule has 0 aliphatic rings. The van der Waals surface area contributed by atoms with Gasteiger partial charge in [-0.05, 0) is 42.2 Å². The van der Waals surface area contributed by atoms with Crippen LogP contribution in [0.2, 0.25) is 0 Å². The van der Waals surface area contributed by atoms with Crippen LogP contribution in [-0.2, 0) is 16.6 Å². The van der Waals surface area contributed by atoms with E-state index in [2.05, 4.69) is 15.3 Å². The summed E-state index contributed by atoms with van der Waals surface area (Å²) in [4.78, 5) is 4.45. The lowest BCUT2D eigenvalue weighted by Crippen LogP contribution is -2.27. The zero-order valence-electron chi connectivity index (χ0n) is 13.2. The first-order chi connectivity index (χ1) is 10.8. The largest absolute Gasteiger partial charge is 0.245 e. The van der Waals surface area contributed by atoms with Gasteiger partial charge in [0.1, 0.15) is 15.4 Å². The van der Waals surface area contributed by atoms with Crippen molar-refractivity contribution < 1.29 is 13.0 Å². The number of benzene rings is 1. The second-order valence-electron chi connectivity index (χ2n) is 5.44. The first-order valence-corrected chi connectivity index (χ1v) is 9.22. The van der Waals surface area contributed by atoms with Crippen LogP contribution < -0.4 is 0 Å². The van der Waals surface area contributed by atoms with Crippen LogP contribution in [-0.4, -0.2) is 35.1 Å². The van der Waals surface area contributed by atoms with Gasteiger partial charge in [0, 0.05) is 18.1 Å². The van der Waals surface area contributed by atoms with Crippen LogP contribution in [0.1, 0.15) is 21.8 Å². The fourth-order valence-corrected chi connectivity index (χ4v) is 4.83. The van der Waals surface area contributed by atoms with E-state index < -0.39 is 10.0 Å². The molecule has 0 amide bonds. The van der Waals surface area contributed by atoms with Gasteiger partial charge in [-0.1, -0.05) is 6.07 Å². The quantitative estimate of drug-likeness (QED) is 0.716. The normalized spacial score (nSPS) is 12.4. The highest BCUT2D eigenvalue weighted by molar-refractivity contribution is 7.89. The molecule has 122 valence electrons. The van der Waals surface area contributed by atoms with Gasteiger partial charge in [-0.25, -0.2) is 18.0 Å². The standard InChI is InChI=1S/C14H16N4O3S2/c1-8-5-9(2)14(13-12(8)16-21-17-13)23(19,20)18(4)6-11-15-10(3)7-22-11/h5,7H,6H2,1-4H3. The van der Waals surface area contributed by atoms with Crippen LogP contribution >= 0.6 is 11.3 Å². The number of hydrogen-bond acceptors (Lipinski definition) is 7. The number of rotatable bonds is 4. The monoisotopic (exact) mass is 352 g/mol. The second kappa shape index (κ2) is 5.66. The van der Waals surface area contributed by atoms with Crippen molar-refractivity contribution in [3.8, 4) is 0 Å². The molecule has 0 spiro atoms. The van der Waals surface area contributed by atoms with E-state index in [1.165, 1.54) is 22.7 Å². The van der Waals surface area contributed by atoms with Crippen LogP contribution in [0.25, 0.3) is 11.0 Å². The third kappa shape index (κ3) is 2.75. The Hall–Kier alpha value is -1.84. The predicted octanol–water partition coefficient (Wildman–Crippen LogP) is 2.43. The molecule has 0 bridgehead atoms. The van der Waals surface area contributed by atoms with Gasteiger partial charge in [0.15, 0.2) is 5.52 Å². The molecule has 0 saturated carbocycles. The van der Waals surface area contributed by atoms with E-state index in [1.54, 1.807) is 13.0 Å². The summed E-state index contributed by atoms with van der Waals surface area (Å²) >= 11 is 1.44. The number of aromatic nitrogens is 3. The Morgan fingerprint density at radius 1 is 1.17 bits per heavy atom. The minimum atomic E-state index is -3.73. The molecule has 0 atom stereocenters. The summed E-state index contributed by atoms with van der Waals surface area (Å²) in [5.41, 5.74) is 3.06. The first kappa shape index (κ1) is 16.0. The Labute approximate surface area is 138 Å². The summed E-state index contributed by atoms with van der Waals surface area (Å²) < 4.78 is 32.0. The minimum Gasteiger partial charge on any atom is -0.245 e. The molecule has 3 rings (SSSR count). The number of aryl methyl sites for hydroxylation is 3. The average Bonchev–Trinajstić information content (AvgIpc) is 3.07. The number of nitrogens with zero attached hydrogens (tertiary/aromatic N) is 4. The fourth-order valence-electron chi connectivity index (χ4n) is 2.47. The van der Waals surface area contributed by atoms with Crippen LogP contribution in [0.4, 0.5) is 0 Å². The Morgan fingerprint density at radius 2 is 1.87 bits per heavy atom. The summed E-state index contributed by atoms with van der Waals surface area (Å²) in [6.07, 6.45) is 0. The molecule has 0 radical (unpaired) electrons. The minimum absolute atomic E-state index is 0.134.